The van der Waals surface area contributed by atoms with Gasteiger partial charge in [-0.1, -0.05) is 12.2 Å². The molecule has 7 nitrogen and oxygen atoms in total. The molecule has 0 bridgehead atoms. The first kappa shape index (κ1) is 18.0. The Morgan fingerprint density at radius 2 is 2.10 bits per heavy atom. The molecule has 1 amide bonds. The summed E-state index contributed by atoms with van der Waals surface area (Å²) >= 11 is 0. The van der Waals surface area contributed by atoms with Crippen LogP contribution in [0.25, 0.3) is 0 Å². The molecule has 1 atom stereocenters. The van der Waals surface area contributed by atoms with Crippen LogP contribution in [0.4, 0.5) is 4.79 Å². The zero-order valence-corrected chi connectivity index (χ0v) is 11.9. The Morgan fingerprint density at radius 1 is 1.45 bits per heavy atom. The Balaban J connectivity index is 3.90. The van der Waals surface area contributed by atoms with E-state index < -0.39 is 18.1 Å². The van der Waals surface area contributed by atoms with Gasteiger partial charge in [0.25, 0.3) is 0 Å². The third kappa shape index (κ3) is 8.15. The number of ether oxygens (including phenoxy) is 1. The van der Waals surface area contributed by atoms with Crippen molar-refractivity contribution >= 4 is 12.1 Å². The lowest BCUT2D eigenvalue weighted by molar-refractivity contribution is -0.138. The number of carbonyl (C=O) groups is 2. The molecule has 114 valence electrons. The van der Waals surface area contributed by atoms with Crippen LogP contribution in [0.2, 0.25) is 0 Å². The van der Waals surface area contributed by atoms with Crippen molar-refractivity contribution in [2.24, 2.45) is 11.5 Å². The van der Waals surface area contributed by atoms with Gasteiger partial charge < -0.3 is 26.6 Å². The Kier molecular flexibility index (Phi) is 8.86. The average Bonchev–Trinajstić information content (AvgIpc) is 2.38. The van der Waals surface area contributed by atoms with Crippen molar-refractivity contribution in [1.82, 2.24) is 5.32 Å². The fourth-order valence-electron chi connectivity index (χ4n) is 1.32. The Labute approximate surface area is 118 Å². The highest BCUT2D eigenvalue weighted by Crippen LogP contribution is 2.02. The summed E-state index contributed by atoms with van der Waals surface area (Å²) in [4.78, 5) is 21.9. The summed E-state index contributed by atoms with van der Waals surface area (Å²) in [5.74, 6) is -1.05. The minimum atomic E-state index is -1.05. The lowest BCUT2D eigenvalue weighted by Crippen LogP contribution is -2.32. The molecular weight excluding hydrogens is 262 g/mol. The molecule has 0 heterocycles. The number of nitrogens with two attached hydrogens (primary N) is 2. The van der Waals surface area contributed by atoms with E-state index in [2.05, 4.69) is 5.32 Å². The molecule has 0 aliphatic heterocycles. The zero-order valence-electron chi connectivity index (χ0n) is 11.9. The van der Waals surface area contributed by atoms with Crippen molar-refractivity contribution in [3.63, 3.8) is 0 Å². The third-order valence-corrected chi connectivity index (χ3v) is 2.51. The molecule has 0 saturated carbocycles. The Hall–Kier alpha value is -2.02. The van der Waals surface area contributed by atoms with Crippen LogP contribution in [0, 0.1) is 0 Å². The van der Waals surface area contributed by atoms with Crippen LogP contribution in [0.15, 0.2) is 23.4 Å². The maximum atomic E-state index is 11.4. The van der Waals surface area contributed by atoms with Crippen LogP contribution in [0.3, 0.4) is 0 Å². The molecule has 0 aromatic carbocycles. The smallest absolute Gasteiger partial charge is 0.407 e. The molecule has 0 aromatic heterocycles. The normalized spacial score (nSPS) is 13.8. The number of nitrogens with one attached hydrogen (secondary N) is 1. The molecule has 0 radical (unpaired) electrons. The Morgan fingerprint density at radius 3 is 2.60 bits per heavy atom. The monoisotopic (exact) mass is 285 g/mol. The van der Waals surface area contributed by atoms with Crippen molar-refractivity contribution in [1.29, 1.82) is 0 Å². The molecule has 6 N–H and O–H groups in total. The summed E-state index contributed by atoms with van der Waals surface area (Å²) in [7, 11) is 0. The van der Waals surface area contributed by atoms with Gasteiger partial charge in [0.15, 0.2) is 0 Å². The first-order valence-electron chi connectivity index (χ1n) is 6.35. The van der Waals surface area contributed by atoms with Crippen LogP contribution in [-0.4, -0.2) is 36.4 Å². The molecule has 0 rings (SSSR count). The number of hydrogen-bond acceptors (Lipinski definition) is 5. The average molecular weight is 285 g/mol. The molecule has 0 spiro atoms. The molecule has 0 fully saturated rings. The zero-order chi connectivity index (χ0) is 15.5. The molecule has 0 aromatic rings. The van der Waals surface area contributed by atoms with E-state index in [0.29, 0.717) is 25.1 Å². The quantitative estimate of drug-likeness (QED) is 0.384. The predicted molar refractivity (Wildman–Crippen MR) is 75.9 cm³/mol. The van der Waals surface area contributed by atoms with Gasteiger partial charge in [-0.2, -0.15) is 0 Å². The highest BCUT2D eigenvalue weighted by molar-refractivity contribution is 5.73. The van der Waals surface area contributed by atoms with Crippen LogP contribution < -0.4 is 16.8 Å². The first-order valence-corrected chi connectivity index (χ1v) is 6.35. The molecule has 1 unspecified atom stereocenters. The second kappa shape index (κ2) is 9.85. The van der Waals surface area contributed by atoms with E-state index in [4.69, 9.17) is 21.3 Å². The number of rotatable bonds is 8. The molecular formula is C13H23N3O4. The highest BCUT2D eigenvalue weighted by Gasteiger charge is 2.10. The maximum absolute atomic E-state index is 11.4. The fraction of sp³-hybridized carbons (Fsp3) is 0.538. The number of carboxylic acid groups (broad SMARTS) is 1. The number of alkyl carbamates (subject to hydrolysis) is 1. The van der Waals surface area contributed by atoms with E-state index in [-0.39, 0.29) is 6.61 Å². The standard InChI is InChI=1S/C13H23N3O4/c1-3-5-10(9(2)14)8-20-13(19)16-7-4-6-11(15)12(17)18/h3,5,11H,4,6-8,14-15H2,1-2H3,(H,16,19)(H,17,18)/b5-3-,10-9-. The topological polar surface area (TPSA) is 128 Å². The largest absolute Gasteiger partial charge is 0.480 e. The van der Waals surface area contributed by atoms with E-state index in [0.717, 1.165) is 5.57 Å². The first-order chi connectivity index (χ1) is 9.38. The molecule has 0 aliphatic carbocycles. The van der Waals surface area contributed by atoms with Gasteiger partial charge in [0.05, 0.1) is 0 Å². The molecule has 20 heavy (non-hydrogen) atoms. The predicted octanol–water partition coefficient (Wildman–Crippen LogP) is 0.714. The Bertz CT molecular complexity index is 387. The summed E-state index contributed by atoms with van der Waals surface area (Å²) in [5.41, 5.74) is 12.3. The summed E-state index contributed by atoms with van der Waals surface area (Å²) in [6, 6.07) is -0.906. The summed E-state index contributed by atoms with van der Waals surface area (Å²) in [6.45, 7) is 3.97. The van der Waals surface area contributed by atoms with E-state index >= 15 is 0 Å². The van der Waals surface area contributed by atoms with Crippen LogP contribution >= 0.6 is 0 Å². The number of aliphatic carboxylic acids is 1. The molecule has 0 saturated heterocycles. The van der Waals surface area contributed by atoms with Crippen molar-refractivity contribution < 1.29 is 19.4 Å². The van der Waals surface area contributed by atoms with Crippen LogP contribution in [0.5, 0.6) is 0 Å². The fourth-order valence-corrected chi connectivity index (χ4v) is 1.32. The molecule has 7 heteroatoms. The van der Waals surface area contributed by atoms with Gasteiger partial charge in [-0.15, -0.1) is 0 Å². The van der Waals surface area contributed by atoms with Crippen LogP contribution in [0.1, 0.15) is 26.7 Å². The number of carbonyl (C=O) groups excluding carboxylic acids is 1. The van der Waals surface area contributed by atoms with E-state index in [1.54, 1.807) is 19.1 Å². The van der Waals surface area contributed by atoms with Crippen molar-refractivity contribution in [3.05, 3.63) is 23.4 Å². The van der Waals surface area contributed by atoms with Gasteiger partial charge in [0, 0.05) is 17.8 Å². The van der Waals surface area contributed by atoms with E-state index in [1.807, 2.05) is 6.92 Å². The highest BCUT2D eigenvalue weighted by atomic mass is 16.5. The summed E-state index contributed by atoms with van der Waals surface area (Å²) < 4.78 is 4.99. The second-order valence-electron chi connectivity index (χ2n) is 4.30. The summed E-state index contributed by atoms with van der Waals surface area (Å²) in [6.07, 6.45) is 3.77. The van der Waals surface area contributed by atoms with Gasteiger partial charge >= 0.3 is 12.1 Å². The van der Waals surface area contributed by atoms with Crippen LogP contribution in [-0.2, 0) is 9.53 Å². The minimum Gasteiger partial charge on any atom is -0.480 e. The maximum Gasteiger partial charge on any atom is 0.407 e. The van der Waals surface area contributed by atoms with Gasteiger partial charge in [-0.25, -0.2) is 4.79 Å². The summed E-state index contributed by atoms with van der Waals surface area (Å²) in [5, 5.41) is 11.1. The van der Waals surface area contributed by atoms with E-state index in [9.17, 15) is 9.59 Å². The van der Waals surface area contributed by atoms with Gasteiger partial charge in [0.1, 0.15) is 12.6 Å². The van der Waals surface area contributed by atoms with Crippen molar-refractivity contribution in [2.75, 3.05) is 13.2 Å². The van der Waals surface area contributed by atoms with Gasteiger partial charge in [0.2, 0.25) is 0 Å². The van der Waals surface area contributed by atoms with Crippen molar-refractivity contribution in [3.8, 4) is 0 Å². The lowest BCUT2D eigenvalue weighted by atomic mass is 10.2. The van der Waals surface area contributed by atoms with Gasteiger partial charge in [-0.05, 0) is 26.7 Å². The number of carboxylic acids is 1. The number of allylic oxidation sites excluding steroid dienone is 2. The van der Waals surface area contributed by atoms with Gasteiger partial charge in [-0.3, -0.25) is 4.79 Å². The lowest BCUT2D eigenvalue weighted by Gasteiger charge is -2.09. The van der Waals surface area contributed by atoms with E-state index in [1.165, 1.54) is 0 Å². The molecule has 0 aliphatic rings. The number of hydrogen-bond donors (Lipinski definition) is 4. The second-order valence-corrected chi connectivity index (χ2v) is 4.30. The number of amides is 1. The van der Waals surface area contributed by atoms with Crippen molar-refractivity contribution in [2.45, 2.75) is 32.7 Å². The SMILES string of the molecule is C/C=C\C(COC(=O)NCCCC(N)C(=O)O)=C(/C)N. The third-order valence-electron chi connectivity index (χ3n) is 2.51. The minimum absolute atomic E-state index is 0.0904.